The summed E-state index contributed by atoms with van der Waals surface area (Å²) >= 11 is 0. The molecule has 0 fully saturated rings. The molecule has 0 bridgehead atoms. The van der Waals surface area contributed by atoms with E-state index in [2.05, 4.69) is 21.7 Å². The monoisotopic (exact) mass is 374 g/mol. The van der Waals surface area contributed by atoms with E-state index in [0.717, 1.165) is 19.3 Å². The van der Waals surface area contributed by atoms with Crippen LogP contribution >= 0.6 is 0 Å². The maximum Gasteiger partial charge on any atom is 0.274 e. The van der Waals surface area contributed by atoms with Crippen LogP contribution in [-0.4, -0.2) is 23.3 Å². The predicted molar refractivity (Wildman–Crippen MR) is 107 cm³/mol. The van der Waals surface area contributed by atoms with Gasteiger partial charge < -0.3 is 10.6 Å². The molecule has 6 heteroatoms. The number of amides is 2. The maximum atomic E-state index is 12.4. The van der Waals surface area contributed by atoms with Gasteiger partial charge in [0.05, 0.1) is 11.6 Å². The Bertz CT molecular complexity index is 926. The summed E-state index contributed by atoms with van der Waals surface area (Å²) in [6, 6.07) is 13.3. The van der Waals surface area contributed by atoms with Crippen molar-refractivity contribution < 1.29 is 9.59 Å². The summed E-state index contributed by atoms with van der Waals surface area (Å²) in [4.78, 5) is 28.9. The van der Waals surface area contributed by atoms with Crippen LogP contribution in [0.15, 0.2) is 54.1 Å². The molecular formula is C22H22N4O2. The molecule has 0 spiro atoms. The lowest BCUT2D eigenvalue weighted by molar-refractivity contribution is 0.0949. The van der Waals surface area contributed by atoms with Gasteiger partial charge in [0.2, 0.25) is 0 Å². The molecule has 0 saturated carbocycles. The van der Waals surface area contributed by atoms with Gasteiger partial charge in [0.1, 0.15) is 11.4 Å². The molecule has 0 aliphatic heterocycles. The van der Waals surface area contributed by atoms with Crippen molar-refractivity contribution in [2.24, 2.45) is 0 Å². The normalized spacial score (nSPS) is 13.2. The van der Waals surface area contributed by atoms with Crippen LogP contribution in [0.1, 0.15) is 58.6 Å². The fourth-order valence-electron chi connectivity index (χ4n) is 3.07. The molecular weight excluding hydrogens is 352 g/mol. The molecule has 1 aromatic heterocycles. The van der Waals surface area contributed by atoms with E-state index in [9.17, 15) is 9.59 Å². The lowest BCUT2D eigenvalue weighted by Crippen LogP contribution is -2.26. The summed E-state index contributed by atoms with van der Waals surface area (Å²) in [7, 11) is 0. The van der Waals surface area contributed by atoms with Crippen molar-refractivity contribution in [2.45, 2.75) is 32.1 Å². The molecule has 1 aromatic carbocycles. The van der Waals surface area contributed by atoms with E-state index in [1.165, 1.54) is 18.4 Å². The number of hydrogen-bond acceptors (Lipinski definition) is 4. The van der Waals surface area contributed by atoms with Gasteiger partial charge in [-0.05, 0) is 68.5 Å². The second-order valence-electron chi connectivity index (χ2n) is 6.67. The number of rotatable bonds is 6. The Morgan fingerprint density at radius 3 is 2.46 bits per heavy atom. The zero-order chi connectivity index (χ0) is 19.8. The predicted octanol–water partition coefficient (Wildman–Crippen LogP) is 3.83. The van der Waals surface area contributed by atoms with Gasteiger partial charge in [-0.1, -0.05) is 17.7 Å². The van der Waals surface area contributed by atoms with E-state index in [0.29, 0.717) is 17.8 Å². The van der Waals surface area contributed by atoms with Crippen molar-refractivity contribution >= 4 is 17.5 Å². The van der Waals surface area contributed by atoms with Crippen LogP contribution in [0.4, 0.5) is 5.69 Å². The molecule has 6 nitrogen and oxygen atoms in total. The SMILES string of the molecule is N#Cc1ccc(NC(=O)c2cccc(C(=O)NCCC3=CCCCC3)n2)cc1. The first-order valence-corrected chi connectivity index (χ1v) is 9.40. The smallest absolute Gasteiger partial charge is 0.274 e. The molecule has 2 aromatic rings. The third-order valence-corrected chi connectivity index (χ3v) is 4.60. The Kier molecular flexibility index (Phi) is 6.53. The number of allylic oxidation sites excluding steroid dienone is 1. The molecule has 2 N–H and O–H groups in total. The molecule has 1 aliphatic rings. The number of hydrogen-bond donors (Lipinski definition) is 2. The number of aromatic nitrogens is 1. The zero-order valence-corrected chi connectivity index (χ0v) is 15.6. The van der Waals surface area contributed by atoms with E-state index in [1.54, 1.807) is 42.5 Å². The van der Waals surface area contributed by atoms with Gasteiger partial charge in [-0.25, -0.2) is 4.98 Å². The van der Waals surface area contributed by atoms with Crippen LogP contribution < -0.4 is 10.6 Å². The Morgan fingerprint density at radius 2 is 1.79 bits per heavy atom. The van der Waals surface area contributed by atoms with Crippen molar-refractivity contribution in [3.63, 3.8) is 0 Å². The summed E-state index contributed by atoms with van der Waals surface area (Å²) in [5, 5.41) is 14.4. The van der Waals surface area contributed by atoms with Gasteiger partial charge in [0.25, 0.3) is 11.8 Å². The van der Waals surface area contributed by atoms with Crippen molar-refractivity contribution in [2.75, 3.05) is 11.9 Å². The van der Waals surface area contributed by atoms with Crippen molar-refractivity contribution in [1.82, 2.24) is 10.3 Å². The lowest BCUT2D eigenvalue weighted by Gasteiger charge is -2.13. The quantitative estimate of drug-likeness (QED) is 0.751. The highest BCUT2D eigenvalue weighted by molar-refractivity contribution is 6.03. The minimum Gasteiger partial charge on any atom is -0.350 e. The van der Waals surface area contributed by atoms with E-state index >= 15 is 0 Å². The van der Waals surface area contributed by atoms with Gasteiger partial charge in [-0.2, -0.15) is 5.26 Å². The zero-order valence-electron chi connectivity index (χ0n) is 15.6. The average molecular weight is 374 g/mol. The molecule has 0 atom stereocenters. The highest BCUT2D eigenvalue weighted by atomic mass is 16.2. The van der Waals surface area contributed by atoms with Crippen LogP contribution in [-0.2, 0) is 0 Å². The second kappa shape index (κ2) is 9.47. The van der Waals surface area contributed by atoms with E-state index in [-0.39, 0.29) is 17.3 Å². The van der Waals surface area contributed by atoms with Crippen LogP contribution in [0, 0.1) is 11.3 Å². The first-order chi connectivity index (χ1) is 13.7. The summed E-state index contributed by atoms with van der Waals surface area (Å²) in [6.45, 7) is 0.564. The molecule has 142 valence electrons. The molecule has 1 heterocycles. The minimum absolute atomic E-state index is 0.159. The topological polar surface area (TPSA) is 94.9 Å². The number of nitrogens with one attached hydrogen (secondary N) is 2. The first kappa shape index (κ1) is 19.3. The van der Waals surface area contributed by atoms with Gasteiger partial charge >= 0.3 is 0 Å². The summed E-state index contributed by atoms with van der Waals surface area (Å²) < 4.78 is 0. The lowest BCUT2D eigenvalue weighted by atomic mass is 9.97. The fourth-order valence-corrected chi connectivity index (χ4v) is 3.07. The number of anilines is 1. The Labute approximate surface area is 164 Å². The van der Waals surface area contributed by atoms with Crippen LogP contribution in [0.2, 0.25) is 0 Å². The molecule has 2 amide bonds. The summed E-state index contributed by atoms with van der Waals surface area (Å²) in [6.07, 6.45) is 7.82. The first-order valence-electron chi connectivity index (χ1n) is 9.40. The van der Waals surface area contributed by atoms with Crippen molar-refractivity contribution in [3.8, 4) is 6.07 Å². The molecule has 0 unspecified atom stereocenters. The van der Waals surface area contributed by atoms with Crippen LogP contribution in [0.25, 0.3) is 0 Å². The number of pyridine rings is 1. The largest absolute Gasteiger partial charge is 0.350 e. The summed E-state index contributed by atoms with van der Waals surface area (Å²) in [5.74, 6) is -0.698. The van der Waals surface area contributed by atoms with Gasteiger partial charge in [-0.15, -0.1) is 0 Å². The number of carbonyl (C=O) groups is 2. The third kappa shape index (κ3) is 5.27. The third-order valence-electron chi connectivity index (χ3n) is 4.60. The highest BCUT2D eigenvalue weighted by Crippen LogP contribution is 2.19. The number of nitriles is 1. The van der Waals surface area contributed by atoms with Crippen molar-refractivity contribution in [3.05, 3.63) is 71.1 Å². The standard InChI is InChI=1S/C22H22N4O2/c23-15-17-9-11-18(12-10-17)25-22(28)20-8-4-7-19(26-20)21(27)24-14-13-16-5-2-1-3-6-16/h4-5,7-12H,1-3,6,13-14H2,(H,24,27)(H,25,28). The second-order valence-corrected chi connectivity index (χ2v) is 6.67. The maximum absolute atomic E-state index is 12.4. The van der Waals surface area contributed by atoms with E-state index in [1.807, 2.05) is 6.07 Å². The molecule has 0 saturated heterocycles. The van der Waals surface area contributed by atoms with Crippen LogP contribution in [0.5, 0.6) is 0 Å². The molecule has 1 aliphatic carbocycles. The van der Waals surface area contributed by atoms with Crippen molar-refractivity contribution in [1.29, 1.82) is 5.26 Å². The number of carbonyl (C=O) groups excluding carboxylic acids is 2. The Balaban J connectivity index is 1.57. The Morgan fingerprint density at radius 1 is 1.04 bits per heavy atom. The van der Waals surface area contributed by atoms with E-state index < -0.39 is 5.91 Å². The summed E-state index contributed by atoms with van der Waals surface area (Å²) in [5.41, 5.74) is 2.84. The van der Waals surface area contributed by atoms with Gasteiger partial charge in [-0.3, -0.25) is 9.59 Å². The fraction of sp³-hybridized carbons (Fsp3) is 0.273. The Hall–Kier alpha value is -3.46. The van der Waals surface area contributed by atoms with Crippen LogP contribution in [0.3, 0.4) is 0 Å². The average Bonchev–Trinajstić information content (AvgIpc) is 2.75. The minimum atomic E-state index is -0.410. The van der Waals surface area contributed by atoms with Gasteiger partial charge in [0.15, 0.2) is 0 Å². The molecule has 3 rings (SSSR count). The molecule has 0 radical (unpaired) electrons. The number of nitrogens with zero attached hydrogens (tertiary/aromatic N) is 2. The van der Waals surface area contributed by atoms with Gasteiger partial charge in [0, 0.05) is 12.2 Å². The van der Waals surface area contributed by atoms with E-state index in [4.69, 9.17) is 5.26 Å². The number of benzene rings is 1. The highest BCUT2D eigenvalue weighted by Gasteiger charge is 2.13. The molecule has 28 heavy (non-hydrogen) atoms.